The highest BCUT2D eigenvalue weighted by Gasteiger charge is 2.13. The fraction of sp³-hybridized carbons (Fsp3) is 0.0667. The van der Waals surface area contributed by atoms with E-state index in [0.717, 1.165) is 14.8 Å². The van der Waals surface area contributed by atoms with Crippen LogP contribution in [0.25, 0.3) is 11.5 Å². The molecule has 1 heterocycles. The minimum absolute atomic E-state index is 0.0317. The van der Waals surface area contributed by atoms with Crippen molar-refractivity contribution >= 4 is 40.0 Å². The van der Waals surface area contributed by atoms with Gasteiger partial charge in [-0.15, -0.1) is 5.10 Å². The van der Waals surface area contributed by atoms with Crippen LogP contribution in [0.3, 0.4) is 0 Å². The van der Waals surface area contributed by atoms with Crippen molar-refractivity contribution in [3.63, 3.8) is 0 Å². The van der Waals surface area contributed by atoms with Crippen LogP contribution in [0.1, 0.15) is 5.56 Å². The van der Waals surface area contributed by atoms with E-state index in [2.05, 4.69) is 38.1 Å². The molecule has 0 atom stereocenters. The molecule has 3 rings (SSSR count). The van der Waals surface area contributed by atoms with Crippen molar-refractivity contribution in [1.82, 2.24) is 10.2 Å². The quantitative estimate of drug-likeness (QED) is 0.636. The second kappa shape index (κ2) is 5.91. The number of hydrogen-bond donors (Lipinski definition) is 2. The number of nitrogen functional groups attached to an aromatic ring is 1. The summed E-state index contributed by atoms with van der Waals surface area (Å²) < 4.78 is 20.0. The maximum Gasteiger partial charge on any atom is 0.313 e. The number of nitrogens with two attached hydrogens (primary N) is 1. The van der Waals surface area contributed by atoms with Gasteiger partial charge < -0.3 is 15.5 Å². The number of halogens is 2. The number of aryl methyl sites for hydroxylation is 1. The third-order valence-corrected chi connectivity index (χ3v) is 3.78. The fourth-order valence-corrected chi connectivity index (χ4v) is 2.71. The molecule has 0 fully saturated rings. The molecule has 3 aromatic rings. The Morgan fingerprint density at radius 1 is 1.14 bits per heavy atom. The summed E-state index contributed by atoms with van der Waals surface area (Å²) in [5.41, 5.74) is 8.50. The second-order valence-electron chi connectivity index (χ2n) is 4.72. The average Bonchev–Trinajstić information content (AvgIpc) is 2.88. The SMILES string of the molecule is Cc1cc(I)ccc1Nc1cc(F)ccc1-c1nnc(N)o1. The molecule has 0 saturated carbocycles. The topological polar surface area (TPSA) is 77.0 Å². The zero-order chi connectivity index (χ0) is 15.7. The molecule has 0 aliphatic heterocycles. The van der Waals surface area contributed by atoms with Crippen LogP contribution < -0.4 is 11.1 Å². The third-order valence-electron chi connectivity index (χ3n) is 3.11. The van der Waals surface area contributed by atoms with Crippen LogP contribution in [0.2, 0.25) is 0 Å². The summed E-state index contributed by atoms with van der Waals surface area (Å²) in [6.07, 6.45) is 0. The summed E-state index contributed by atoms with van der Waals surface area (Å²) in [4.78, 5) is 0. The Hall–Kier alpha value is -2.16. The fourth-order valence-electron chi connectivity index (χ4n) is 2.06. The maximum absolute atomic E-state index is 13.6. The molecule has 2 aromatic carbocycles. The Bertz CT molecular complexity index is 834. The Balaban J connectivity index is 2.04. The molecule has 0 spiro atoms. The number of aromatic nitrogens is 2. The summed E-state index contributed by atoms with van der Waals surface area (Å²) in [7, 11) is 0. The Kier molecular flexibility index (Phi) is 3.97. The predicted octanol–water partition coefficient (Wildman–Crippen LogP) is 4.11. The average molecular weight is 410 g/mol. The van der Waals surface area contributed by atoms with Gasteiger partial charge in [0, 0.05) is 9.26 Å². The summed E-state index contributed by atoms with van der Waals surface area (Å²) >= 11 is 2.24. The summed E-state index contributed by atoms with van der Waals surface area (Å²) in [5.74, 6) is -0.120. The van der Waals surface area contributed by atoms with Crippen LogP contribution in [0.15, 0.2) is 40.8 Å². The van der Waals surface area contributed by atoms with Crippen molar-refractivity contribution in [3.05, 3.63) is 51.3 Å². The van der Waals surface area contributed by atoms with Crippen molar-refractivity contribution in [2.24, 2.45) is 0 Å². The maximum atomic E-state index is 13.6. The molecule has 1 aromatic heterocycles. The normalized spacial score (nSPS) is 10.7. The monoisotopic (exact) mass is 410 g/mol. The molecule has 0 bridgehead atoms. The van der Waals surface area contributed by atoms with Crippen LogP contribution in [0.4, 0.5) is 21.8 Å². The molecule has 112 valence electrons. The van der Waals surface area contributed by atoms with E-state index < -0.39 is 0 Å². The highest BCUT2D eigenvalue weighted by Crippen LogP contribution is 2.32. The Morgan fingerprint density at radius 3 is 2.64 bits per heavy atom. The van der Waals surface area contributed by atoms with Gasteiger partial charge in [0.1, 0.15) is 5.82 Å². The minimum Gasteiger partial charge on any atom is -0.403 e. The lowest BCUT2D eigenvalue weighted by molar-refractivity contribution is 0.589. The highest BCUT2D eigenvalue weighted by molar-refractivity contribution is 14.1. The van der Waals surface area contributed by atoms with Crippen molar-refractivity contribution < 1.29 is 8.81 Å². The van der Waals surface area contributed by atoms with Crippen LogP contribution in [-0.2, 0) is 0 Å². The lowest BCUT2D eigenvalue weighted by Crippen LogP contribution is -1.97. The Morgan fingerprint density at radius 2 is 1.95 bits per heavy atom. The van der Waals surface area contributed by atoms with Crippen LogP contribution in [0.5, 0.6) is 0 Å². The molecule has 22 heavy (non-hydrogen) atoms. The summed E-state index contributed by atoms with van der Waals surface area (Å²) in [6, 6.07) is 10.2. The van der Waals surface area contributed by atoms with Crippen molar-refractivity contribution in [3.8, 4) is 11.5 Å². The van der Waals surface area contributed by atoms with Gasteiger partial charge in [-0.1, -0.05) is 5.10 Å². The van der Waals surface area contributed by atoms with E-state index in [1.165, 1.54) is 12.1 Å². The van der Waals surface area contributed by atoms with E-state index in [1.807, 2.05) is 25.1 Å². The van der Waals surface area contributed by atoms with E-state index in [-0.39, 0.29) is 17.7 Å². The molecule has 5 nitrogen and oxygen atoms in total. The lowest BCUT2D eigenvalue weighted by Gasteiger charge is -2.12. The molecule has 0 aliphatic rings. The predicted molar refractivity (Wildman–Crippen MR) is 91.3 cm³/mol. The third kappa shape index (κ3) is 3.03. The van der Waals surface area contributed by atoms with Crippen molar-refractivity contribution in [1.29, 1.82) is 0 Å². The molecular formula is C15H12FIN4O. The molecule has 0 saturated heterocycles. The number of benzene rings is 2. The number of rotatable bonds is 3. The molecule has 0 unspecified atom stereocenters. The van der Waals surface area contributed by atoms with E-state index in [9.17, 15) is 4.39 Å². The van der Waals surface area contributed by atoms with E-state index in [1.54, 1.807) is 6.07 Å². The molecular weight excluding hydrogens is 398 g/mol. The highest BCUT2D eigenvalue weighted by atomic mass is 127. The first-order valence-corrected chi connectivity index (χ1v) is 7.53. The van der Waals surface area contributed by atoms with Gasteiger partial charge in [0.15, 0.2) is 0 Å². The largest absolute Gasteiger partial charge is 0.403 e. The number of nitrogens with one attached hydrogen (secondary N) is 1. The van der Waals surface area contributed by atoms with E-state index in [4.69, 9.17) is 10.2 Å². The molecule has 7 heteroatoms. The van der Waals surface area contributed by atoms with E-state index in [0.29, 0.717) is 11.3 Å². The van der Waals surface area contributed by atoms with E-state index >= 15 is 0 Å². The van der Waals surface area contributed by atoms with Gasteiger partial charge in [0.05, 0.1) is 11.3 Å². The Labute approximate surface area is 139 Å². The number of hydrogen-bond acceptors (Lipinski definition) is 5. The van der Waals surface area contributed by atoms with Gasteiger partial charge in [0.2, 0.25) is 0 Å². The van der Waals surface area contributed by atoms with Crippen LogP contribution in [0, 0.1) is 16.3 Å². The first kappa shape index (κ1) is 14.8. The molecule has 0 amide bonds. The molecule has 0 aliphatic carbocycles. The first-order valence-electron chi connectivity index (χ1n) is 6.45. The standard InChI is InChI=1S/C15H12FIN4O/c1-8-6-10(17)3-5-12(8)19-13-7-9(16)2-4-11(13)14-20-21-15(18)22-14/h2-7,19H,1H3,(H2,18,21). The lowest BCUT2D eigenvalue weighted by atomic mass is 10.1. The number of nitrogens with zero attached hydrogens (tertiary/aromatic N) is 2. The zero-order valence-corrected chi connectivity index (χ0v) is 13.8. The smallest absolute Gasteiger partial charge is 0.313 e. The van der Waals surface area contributed by atoms with Gasteiger partial charge in [0.25, 0.3) is 5.89 Å². The second-order valence-corrected chi connectivity index (χ2v) is 5.97. The van der Waals surface area contributed by atoms with Crippen LogP contribution in [-0.4, -0.2) is 10.2 Å². The van der Waals surface area contributed by atoms with Crippen molar-refractivity contribution in [2.75, 3.05) is 11.1 Å². The van der Waals surface area contributed by atoms with Gasteiger partial charge >= 0.3 is 6.01 Å². The number of anilines is 3. The summed E-state index contributed by atoms with van der Waals surface area (Å²) in [6.45, 7) is 1.98. The van der Waals surface area contributed by atoms with Gasteiger partial charge in [-0.3, -0.25) is 0 Å². The van der Waals surface area contributed by atoms with Gasteiger partial charge in [-0.05, 0) is 71.5 Å². The molecule has 0 radical (unpaired) electrons. The zero-order valence-electron chi connectivity index (χ0n) is 11.6. The molecule has 3 N–H and O–H groups in total. The summed E-state index contributed by atoms with van der Waals surface area (Å²) in [5, 5.41) is 10.7. The minimum atomic E-state index is -0.359. The van der Waals surface area contributed by atoms with Crippen molar-refractivity contribution in [2.45, 2.75) is 6.92 Å². The van der Waals surface area contributed by atoms with Gasteiger partial charge in [-0.25, -0.2) is 4.39 Å². The first-order chi connectivity index (χ1) is 10.5. The van der Waals surface area contributed by atoms with Gasteiger partial charge in [-0.2, -0.15) is 0 Å². The van der Waals surface area contributed by atoms with Crippen LogP contribution >= 0.6 is 22.6 Å².